The van der Waals surface area contributed by atoms with Gasteiger partial charge in [-0.3, -0.25) is 0 Å². The van der Waals surface area contributed by atoms with Crippen LogP contribution in [0.3, 0.4) is 0 Å². The highest BCUT2D eigenvalue weighted by Crippen LogP contribution is 2.45. The molecule has 0 aliphatic heterocycles. The van der Waals surface area contributed by atoms with Gasteiger partial charge >= 0.3 is 0 Å². The molecule has 0 aromatic heterocycles. The zero-order chi connectivity index (χ0) is 11.8. The molecule has 2 unspecified atom stereocenters. The van der Waals surface area contributed by atoms with Crippen LogP contribution in [0.1, 0.15) is 39.5 Å². The van der Waals surface area contributed by atoms with Crippen LogP contribution in [-0.2, 0) is 0 Å². The largest absolute Gasteiger partial charge is 0.196 e. The molecule has 2 saturated carbocycles. The van der Waals surface area contributed by atoms with Crippen LogP contribution in [0.15, 0.2) is 10.2 Å². The van der Waals surface area contributed by atoms with Crippen molar-refractivity contribution in [2.24, 2.45) is 22.1 Å². The molecule has 0 amide bonds. The molecule has 0 radical (unpaired) electrons. The van der Waals surface area contributed by atoms with E-state index >= 15 is 0 Å². The Hall–Kier alpha value is -1.42. The molecule has 4 heteroatoms. The summed E-state index contributed by atoms with van der Waals surface area (Å²) in [6.45, 7) is 3.64. The molecule has 4 nitrogen and oxygen atoms in total. The Kier molecular flexibility index (Phi) is 2.46. The van der Waals surface area contributed by atoms with Crippen LogP contribution in [0.5, 0.6) is 0 Å². The minimum Gasteiger partial charge on any atom is -0.196 e. The lowest BCUT2D eigenvalue weighted by Gasteiger charge is -2.18. The molecule has 0 spiro atoms. The lowest BCUT2D eigenvalue weighted by molar-refractivity contribution is 0.428. The maximum absolute atomic E-state index is 9.13. The van der Waals surface area contributed by atoms with E-state index in [1.165, 1.54) is 0 Å². The molecule has 0 N–H and O–H groups in total. The van der Waals surface area contributed by atoms with Crippen LogP contribution in [0.25, 0.3) is 0 Å². The van der Waals surface area contributed by atoms with Gasteiger partial charge in [-0.25, -0.2) is 0 Å². The standard InChI is InChI=1S/C12H16N4/c1-11(7-13,9-3-4-9)15-16-12(2,8-14)10-5-6-10/h9-10H,3-6H2,1-2H3. The smallest absolute Gasteiger partial charge is 0.167 e. The summed E-state index contributed by atoms with van der Waals surface area (Å²) in [5, 5.41) is 26.6. The summed E-state index contributed by atoms with van der Waals surface area (Å²) in [5.74, 6) is 0.673. The first-order chi connectivity index (χ1) is 7.54. The predicted octanol–water partition coefficient (Wildman–Crippen LogP) is 2.82. The number of rotatable bonds is 4. The number of nitriles is 2. The van der Waals surface area contributed by atoms with Crippen LogP contribution in [-0.4, -0.2) is 11.1 Å². The molecule has 2 fully saturated rings. The zero-order valence-electron chi connectivity index (χ0n) is 9.77. The third-order valence-corrected chi connectivity index (χ3v) is 3.66. The fraction of sp³-hybridized carbons (Fsp3) is 0.833. The Morgan fingerprint density at radius 1 is 0.875 bits per heavy atom. The molecule has 84 valence electrons. The molecule has 0 saturated heterocycles. The summed E-state index contributed by atoms with van der Waals surface area (Å²) >= 11 is 0. The van der Waals surface area contributed by atoms with Gasteiger partial charge in [0.05, 0.1) is 12.1 Å². The highest BCUT2D eigenvalue weighted by Gasteiger charge is 2.46. The van der Waals surface area contributed by atoms with Gasteiger partial charge in [0.2, 0.25) is 0 Å². The van der Waals surface area contributed by atoms with Crippen LogP contribution >= 0.6 is 0 Å². The third-order valence-electron chi connectivity index (χ3n) is 3.66. The van der Waals surface area contributed by atoms with Gasteiger partial charge in [-0.15, -0.1) is 0 Å². The predicted molar refractivity (Wildman–Crippen MR) is 58.3 cm³/mol. The summed E-state index contributed by atoms with van der Waals surface area (Å²) in [4.78, 5) is 0. The topological polar surface area (TPSA) is 72.3 Å². The molecule has 2 aliphatic carbocycles. The molecule has 2 rings (SSSR count). The van der Waals surface area contributed by atoms with Crippen molar-refractivity contribution in [1.82, 2.24) is 0 Å². The first-order valence-electron chi connectivity index (χ1n) is 5.80. The fourth-order valence-electron chi connectivity index (χ4n) is 1.89. The summed E-state index contributed by atoms with van der Waals surface area (Å²) in [6.07, 6.45) is 4.21. The minimum absolute atomic E-state index is 0.336. The maximum Gasteiger partial charge on any atom is 0.167 e. The Bertz CT molecular complexity index is 356. The summed E-state index contributed by atoms with van der Waals surface area (Å²) in [6, 6.07) is 4.45. The Labute approximate surface area is 96.0 Å². The molecular weight excluding hydrogens is 200 g/mol. The monoisotopic (exact) mass is 216 g/mol. The highest BCUT2D eigenvalue weighted by molar-refractivity contribution is 5.15. The van der Waals surface area contributed by atoms with Crippen molar-refractivity contribution in [2.45, 2.75) is 50.6 Å². The molecule has 0 heterocycles. The zero-order valence-corrected chi connectivity index (χ0v) is 9.77. The molecule has 2 aliphatic rings. The number of hydrogen-bond acceptors (Lipinski definition) is 4. The molecule has 0 aromatic carbocycles. The Morgan fingerprint density at radius 3 is 1.38 bits per heavy atom. The van der Waals surface area contributed by atoms with Crippen LogP contribution in [0, 0.1) is 34.5 Å². The molecular formula is C12H16N4. The van der Waals surface area contributed by atoms with E-state index in [0.29, 0.717) is 11.8 Å². The fourth-order valence-corrected chi connectivity index (χ4v) is 1.89. The van der Waals surface area contributed by atoms with Crippen molar-refractivity contribution in [3.8, 4) is 12.1 Å². The number of azo groups is 1. The maximum atomic E-state index is 9.13. The molecule has 16 heavy (non-hydrogen) atoms. The van der Waals surface area contributed by atoms with Gasteiger partial charge in [-0.1, -0.05) is 0 Å². The number of hydrogen-bond donors (Lipinski definition) is 0. The highest BCUT2D eigenvalue weighted by atomic mass is 15.2. The second-order valence-corrected chi connectivity index (χ2v) is 5.27. The van der Waals surface area contributed by atoms with Gasteiger partial charge in [0.15, 0.2) is 11.1 Å². The van der Waals surface area contributed by atoms with Gasteiger partial charge in [0, 0.05) is 0 Å². The lowest BCUT2D eigenvalue weighted by Crippen LogP contribution is -2.26. The van der Waals surface area contributed by atoms with Gasteiger partial charge in [-0.2, -0.15) is 20.8 Å². The Balaban J connectivity index is 2.13. The molecule has 2 atom stereocenters. The summed E-state index contributed by atoms with van der Waals surface area (Å²) in [7, 11) is 0. The van der Waals surface area contributed by atoms with E-state index in [9.17, 15) is 0 Å². The first kappa shape index (κ1) is 11.1. The van der Waals surface area contributed by atoms with Crippen molar-refractivity contribution in [2.75, 3.05) is 0 Å². The number of nitrogens with zero attached hydrogens (tertiary/aromatic N) is 4. The SMILES string of the molecule is CC(C#N)(N=NC(C)(C#N)C1CC1)C1CC1. The summed E-state index contributed by atoms with van der Waals surface area (Å²) in [5.41, 5.74) is -1.43. The van der Waals surface area contributed by atoms with E-state index < -0.39 is 11.1 Å². The first-order valence-corrected chi connectivity index (χ1v) is 5.80. The van der Waals surface area contributed by atoms with E-state index in [4.69, 9.17) is 10.5 Å². The van der Waals surface area contributed by atoms with E-state index in [1.807, 2.05) is 13.8 Å². The van der Waals surface area contributed by atoms with Gasteiger partial charge in [0.1, 0.15) is 0 Å². The van der Waals surface area contributed by atoms with Crippen molar-refractivity contribution in [3.05, 3.63) is 0 Å². The summed E-state index contributed by atoms with van der Waals surface area (Å²) < 4.78 is 0. The molecule has 0 aromatic rings. The van der Waals surface area contributed by atoms with E-state index in [1.54, 1.807) is 0 Å². The van der Waals surface area contributed by atoms with E-state index in [0.717, 1.165) is 25.7 Å². The van der Waals surface area contributed by atoms with Gasteiger partial charge < -0.3 is 0 Å². The van der Waals surface area contributed by atoms with Crippen molar-refractivity contribution < 1.29 is 0 Å². The van der Waals surface area contributed by atoms with Crippen molar-refractivity contribution in [3.63, 3.8) is 0 Å². The second kappa shape index (κ2) is 3.56. The van der Waals surface area contributed by atoms with Crippen molar-refractivity contribution >= 4 is 0 Å². The average molecular weight is 216 g/mol. The van der Waals surface area contributed by atoms with Crippen LogP contribution in [0.4, 0.5) is 0 Å². The lowest BCUT2D eigenvalue weighted by atomic mass is 9.98. The quantitative estimate of drug-likeness (QED) is 0.678. The van der Waals surface area contributed by atoms with Gasteiger partial charge in [-0.05, 0) is 51.4 Å². The normalized spacial score (nSPS) is 27.8. The average Bonchev–Trinajstić information content (AvgIpc) is 3.15. The van der Waals surface area contributed by atoms with Crippen molar-refractivity contribution in [1.29, 1.82) is 10.5 Å². The van der Waals surface area contributed by atoms with E-state index in [-0.39, 0.29) is 0 Å². The van der Waals surface area contributed by atoms with Gasteiger partial charge in [0.25, 0.3) is 0 Å². The Morgan fingerprint density at radius 2 is 1.19 bits per heavy atom. The van der Waals surface area contributed by atoms with Crippen LogP contribution < -0.4 is 0 Å². The minimum atomic E-state index is -0.715. The van der Waals surface area contributed by atoms with E-state index in [2.05, 4.69) is 22.4 Å². The third kappa shape index (κ3) is 1.93. The molecule has 0 bridgehead atoms. The van der Waals surface area contributed by atoms with Crippen LogP contribution in [0.2, 0.25) is 0 Å². The second-order valence-electron chi connectivity index (χ2n) is 5.27.